The number of carbonyl (C=O) groups excluding carboxylic acids is 1. The molecule has 0 saturated heterocycles. The lowest BCUT2D eigenvalue weighted by atomic mass is 9.98. The van der Waals surface area contributed by atoms with Gasteiger partial charge in [-0.3, -0.25) is 0 Å². The van der Waals surface area contributed by atoms with E-state index in [4.69, 9.17) is 4.74 Å². The highest BCUT2D eigenvalue weighted by molar-refractivity contribution is 5.93. The second-order valence-corrected chi connectivity index (χ2v) is 6.12. The van der Waals surface area contributed by atoms with Gasteiger partial charge in [0.25, 0.3) is 0 Å². The molecule has 1 aromatic rings. The summed E-state index contributed by atoms with van der Waals surface area (Å²) in [6.07, 6.45) is 10.7. The summed E-state index contributed by atoms with van der Waals surface area (Å²) in [5.41, 5.74) is 2.96. The van der Waals surface area contributed by atoms with E-state index in [0.29, 0.717) is 6.61 Å². The van der Waals surface area contributed by atoms with E-state index in [2.05, 4.69) is 12.2 Å². The molecule has 122 valence electrons. The number of esters is 1. The maximum atomic E-state index is 12.2. The van der Waals surface area contributed by atoms with Crippen molar-refractivity contribution in [2.24, 2.45) is 0 Å². The maximum Gasteiger partial charge on any atom is 0.338 e. The van der Waals surface area contributed by atoms with E-state index in [1.54, 1.807) is 0 Å². The Morgan fingerprint density at radius 2 is 1.91 bits per heavy atom. The van der Waals surface area contributed by atoms with Gasteiger partial charge in [-0.25, -0.2) is 4.79 Å². The van der Waals surface area contributed by atoms with E-state index in [0.717, 1.165) is 49.0 Å². The Kier molecular flexibility index (Phi) is 7.27. The molecule has 1 N–H and O–H groups in total. The van der Waals surface area contributed by atoms with Crippen LogP contribution in [0.1, 0.15) is 74.2 Å². The minimum atomic E-state index is -0.161. The van der Waals surface area contributed by atoms with Gasteiger partial charge >= 0.3 is 5.97 Å². The van der Waals surface area contributed by atoms with Crippen molar-refractivity contribution in [3.63, 3.8) is 0 Å². The summed E-state index contributed by atoms with van der Waals surface area (Å²) in [6, 6.07) is 5.86. The van der Waals surface area contributed by atoms with Crippen molar-refractivity contribution < 1.29 is 9.53 Å². The van der Waals surface area contributed by atoms with Gasteiger partial charge in [0.2, 0.25) is 0 Å². The molecular weight excluding hydrogens is 274 g/mol. The summed E-state index contributed by atoms with van der Waals surface area (Å²) in [6.45, 7) is 3.77. The van der Waals surface area contributed by atoms with E-state index in [9.17, 15) is 4.79 Å². The molecule has 22 heavy (non-hydrogen) atoms. The third kappa shape index (κ3) is 5.04. The van der Waals surface area contributed by atoms with Gasteiger partial charge in [-0.05, 0) is 37.0 Å². The molecule has 0 unspecified atom stereocenters. The first-order valence-corrected chi connectivity index (χ1v) is 8.86. The minimum Gasteiger partial charge on any atom is -0.462 e. The zero-order chi connectivity index (χ0) is 15.6. The number of rotatable bonds is 9. The molecule has 0 radical (unpaired) electrons. The van der Waals surface area contributed by atoms with Crippen molar-refractivity contribution in [2.75, 3.05) is 18.5 Å². The van der Waals surface area contributed by atoms with Gasteiger partial charge in [-0.15, -0.1) is 0 Å². The molecule has 0 atom stereocenters. The number of benzene rings is 1. The largest absolute Gasteiger partial charge is 0.462 e. The molecular formula is C19H29NO2. The highest BCUT2D eigenvalue weighted by atomic mass is 16.5. The Morgan fingerprint density at radius 3 is 2.73 bits per heavy atom. The van der Waals surface area contributed by atoms with Crippen molar-refractivity contribution in [1.29, 1.82) is 0 Å². The topological polar surface area (TPSA) is 38.3 Å². The first kappa shape index (κ1) is 16.9. The van der Waals surface area contributed by atoms with Gasteiger partial charge in [0.15, 0.2) is 0 Å². The Hall–Kier alpha value is -1.51. The second-order valence-electron chi connectivity index (χ2n) is 6.12. The summed E-state index contributed by atoms with van der Waals surface area (Å²) in [7, 11) is 0. The van der Waals surface area contributed by atoms with E-state index in [-0.39, 0.29) is 5.97 Å². The number of hydrogen-bond acceptors (Lipinski definition) is 3. The quantitative estimate of drug-likeness (QED) is 0.518. The minimum absolute atomic E-state index is 0.161. The van der Waals surface area contributed by atoms with Gasteiger partial charge in [-0.2, -0.15) is 0 Å². The fourth-order valence-electron chi connectivity index (χ4n) is 3.00. The molecule has 1 aliphatic heterocycles. The molecule has 2 rings (SSSR count). The number of unbranched alkanes of at least 4 members (excludes halogenated alkanes) is 6. The van der Waals surface area contributed by atoms with Crippen LogP contribution in [0.25, 0.3) is 0 Å². The first-order chi connectivity index (χ1) is 10.8. The van der Waals surface area contributed by atoms with Crippen molar-refractivity contribution in [3.8, 4) is 0 Å². The number of nitrogens with one attached hydrogen (secondary N) is 1. The van der Waals surface area contributed by atoms with Gasteiger partial charge in [0.05, 0.1) is 12.2 Å². The van der Waals surface area contributed by atoms with E-state index in [1.165, 1.54) is 32.1 Å². The summed E-state index contributed by atoms with van der Waals surface area (Å²) in [5, 5.41) is 3.35. The van der Waals surface area contributed by atoms with Crippen molar-refractivity contribution in [3.05, 3.63) is 29.3 Å². The number of ether oxygens (including phenoxy) is 1. The van der Waals surface area contributed by atoms with Crippen LogP contribution < -0.4 is 5.32 Å². The van der Waals surface area contributed by atoms with Crippen LogP contribution in [0.2, 0.25) is 0 Å². The van der Waals surface area contributed by atoms with Gasteiger partial charge in [0.1, 0.15) is 0 Å². The lowest BCUT2D eigenvalue weighted by Crippen LogP contribution is -2.17. The average Bonchev–Trinajstić information content (AvgIpc) is 2.56. The summed E-state index contributed by atoms with van der Waals surface area (Å²) in [5.74, 6) is -0.161. The van der Waals surface area contributed by atoms with Crippen LogP contribution in [0, 0.1) is 0 Å². The maximum absolute atomic E-state index is 12.2. The molecule has 1 aromatic carbocycles. The van der Waals surface area contributed by atoms with Crippen LogP contribution >= 0.6 is 0 Å². The second kappa shape index (κ2) is 9.50. The van der Waals surface area contributed by atoms with Crippen LogP contribution in [0.3, 0.4) is 0 Å². The summed E-state index contributed by atoms with van der Waals surface area (Å²) >= 11 is 0. The Labute approximate surface area is 134 Å². The molecule has 0 aromatic heterocycles. The lowest BCUT2D eigenvalue weighted by molar-refractivity contribution is 0.0496. The van der Waals surface area contributed by atoms with Crippen LogP contribution in [-0.2, 0) is 11.2 Å². The Balaban J connectivity index is 1.70. The van der Waals surface area contributed by atoms with Gasteiger partial charge < -0.3 is 10.1 Å². The fourth-order valence-corrected chi connectivity index (χ4v) is 3.00. The molecule has 0 fully saturated rings. The van der Waals surface area contributed by atoms with Crippen LogP contribution in [0.15, 0.2) is 18.2 Å². The molecule has 0 saturated carbocycles. The molecule has 3 nitrogen and oxygen atoms in total. The van der Waals surface area contributed by atoms with Crippen molar-refractivity contribution in [1.82, 2.24) is 0 Å². The van der Waals surface area contributed by atoms with Crippen molar-refractivity contribution >= 4 is 11.7 Å². The molecule has 0 amide bonds. The van der Waals surface area contributed by atoms with Crippen LogP contribution in [0.4, 0.5) is 5.69 Å². The third-order valence-electron chi connectivity index (χ3n) is 4.30. The average molecular weight is 303 g/mol. The normalized spacial score (nSPS) is 13.3. The molecule has 0 bridgehead atoms. The number of carbonyl (C=O) groups is 1. The predicted octanol–water partition coefficient (Wildman–Crippen LogP) is 4.95. The molecule has 3 heteroatoms. The summed E-state index contributed by atoms with van der Waals surface area (Å²) in [4.78, 5) is 12.2. The number of fused-ring (bicyclic) bond motifs is 1. The Bertz CT molecular complexity index is 471. The molecule has 1 heterocycles. The van der Waals surface area contributed by atoms with Crippen LogP contribution in [-0.4, -0.2) is 19.1 Å². The van der Waals surface area contributed by atoms with Crippen LogP contribution in [0.5, 0.6) is 0 Å². The SMILES string of the molecule is CCCCCCCCCOC(=O)c1cccc2c1CCCN2. The zero-order valence-corrected chi connectivity index (χ0v) is 13.8. The Morgan fingerprint density at radius 1 is 1.14 bits per heavy atom. The van der Waals surface area contributed by atoms with Gasteiger partial charge in [-0.1, -0.05) is 51.5 Å². The van der Waals surface area contributed by atoms with E-state index < -0.39 is 0 Å². The lowest BCUT2D eigenvalue weighted by Gasteiger charge is -2.20. The number of hydrogen-bond donors (Lipinski definition) is 1. The van der Waals surface area contributed by atoms with Gasteiger partial charge in [0, 0.05) is 12.2 Å². The van der Waals surface area contributed by atoms with E-state index >= 15 is 0 Å². The number of anilines is 1. The first-order valence-electron chi connectivity index (χ1n) is 8.86. The smallest absolute Gasteiger partial charge is 0.338 e. The van der Waals surface area contributed by atoms with E-state index in [1.807, 2.05) is 18.2 Å². The molecule has 0 spiro atoms. The van der Waals surface area contributed by atoms with Crippen molar-refractivity contribution in [2.45, 2.75) is 64.7 Å². The third-order valence-corrected chi connectivity index (χ3v) is 4.30. The highest BCUT2D eigenvalue weighted by Gasteiger charge is 2.18. The fraction of sp³-hybridized carbons (Fsp3) is 0.632. The predicted molar refractivity (Wildman–Crippen MR) is 91.5 cm³/mol. The highest BCUT2D eigenvalue weighted by Crippen LogP contribution is 2.25. The summed E-state index contributed by atoms with van der Waals surface area (Å²) < 4.78 is 5.46. The molecule has 1 aliphatic rings. The monoisotopic (exact) mass is 303 g/mol. The zero-order valence-electron chi connectivity index (χ0n) is 13.8. The molecule has 0 aliphatic carbocycles. The standard InChI is InChI=1S/C19H29NO2/c1-2-3-4-5-6-7-8-15-22-19(21)17-11-9-13-18-16(17)12-10-14-20-18/h9,11,13,20H,2-8,10,12,14-15H2,1H3.